The molecule has 0 aromatic heterocycles. The Kier molecular flexibility index (Phi) is 3.63. The van der Waals surface area contributed by atoms with E-state index >= 15 is 0 Å². The van der Waals surface area contributed by atoms with Crippen LogP contribution in [0, 0.1) is 10.8 Å². The van der Waals surface area contributed by atoms with Gasteiger partial charge in [-0.2, -0.15) is 0 Å². The molecule has 0 unspecified atom stereocenters. The summed E-state index contributed by atoms with van der Waals surface area (Å²) in [6.07, 6.45) is 2.71. The molecule has 0 radical (unpaired) electrons. The van der Waals surface area contributed by atoms with Gasteiger partial charge >= 0.3 is 0 Å². The topological polar surface area (TPSA) is 19.0 Å². The lowest BCUT2D eigenvalue weighted by molar-refractivity contribution is 0.0124. The Morgan fingerprint density at radius 1 is 0.737 bits per heavy atom. The van der Waals surface area contributed by atoms with E-state index in [4.69, 9.17) is 4.74 Å². The normalized spacial score (nSPS) is 33.0. The van der Waals surface area contributed by atoms with E-state index in [-0.39, 0.29) is 0 Å². The fourth-order valence-corrected chi connectivity index (χ4v) is 4.51. The van der Waals surface area contributed by atoms with Gasteiger partial charge in [0, 0.05) is 50.2 Å². The van der Waals surface area contributed by atoms with Gasteiger partial charge in [0.05, 0.1) is 6.61 Å². The van der Waals surface area contributed by atoms with Crippen molar-refractivity contribution >= 4 is 0 Å². The molecular weight excluding hydrogens is 238 g/mol. The second-order valence-corrected chi connectivity index (χ2v) is 7.63. The molecule has 2 spiro atoms. The summed E-state index contributed by atoms with van der Waals surface area (Å²) in [6, 6.07) is 0. The predicted molar refractivity (Wildman–Crippen MR) is 77.4 cm³/mol. The van der Waals surface area contributed by atoms with Crippen LogP contribution in [0.1, 0.15) is 12.8 Å². The van der Waals surface area contributed by atoms with Crippen LogP contribution < -0.4 is 0 Å². The van der Waals surface area contributed by atoms with E-state index < -0.39 is 0 Å². The number of ether oxygens (including phenoxy) is 1. The van der Waals surface area contributed by atoms with E-state index in [0.29, 0.717) is 10.8 Å². The van der Waals surface area contributed by atoms with Crippen molar-refractivity contribution in [2.75, 3.05) is 73.6 Å². The first-order valence-corrected chi connectivity index (χ1v) is 7.64. The maximum absolute atomic E-state index is 5.32. The van der Waals surface area contributed by atoms with Crippen LogP contribution in [-0.4, -0.2) is 88.3 Å². The van der Waals surface area contributed by atoms with Crippen molar-refractivity contribution in [3.05, 3.63) is 0 Å². The van der Waals surface area contributed by atoms with Gasteiger partial charge in [-0.15, -0.1) is 0 Å². The van der Waals surface area contributed by atoms with Crippen molar-refractivity contribution in [1.29, 1.82) is 0 Å². The van der Waals surface area contributed by atoms with Crippen molar-refractivity contribution in [2.24, 2.45) is 10.8 Å². The van der Waals surface area contributed by atoms with E-state index in [2.05, 4.69) is 35.8 Å². The zero-order valence-electron chi connectivity index (χ0n) is 12.8. The Morgan fingerprint density at radius 3 is 1.74 bits per heavy atom. The number of nitrogens with zero attached hydrogens (tertiary/aromatic N) is 3. The molecule has 0 bridgehead atoms. The van der Waals surface area contributed by atoms with Crippen molar-refractivity contribution < 1.29 is 4.74 Å². The van der Waals surface area contributed by atoms with E-state index in [1.807, 2.05) is 0 Å². The van der Waals surface area contributed by atoms with Crippen molar-refractivity contribution in [3.8, 4) is 0 Å². The van der Waals surface area contributed by atoms with E-state index in [1.54, 1.807) is 0 Å². The minimum Gasteiger partial charge on any atom is -0.381 e. The summed E-state index contributed by atoms with van der Waals surface area (Å²) in [5, 5.41) is 0. The Hall–Kier alpha value is -0.160. The zero-order valence-corrected chi connectivity index (χ0v) is 12.8. The molecule has 0 aromatic carbocycles. The lowest BCUT2D eigenvalue weighted by Gasteiger charge is -2.46. The molecule has 4 heterocycles. The molecule has 0 aromatic rings. The number of hydrogen-bond acceptors (Lipinski definition) is 4. The van der Waals surface area contributed by atoms with Crippen LogP contribution in [0.15, 0.2) is 0 Å². The summed E-state index contributed by atoms with van der Waals surface area (Å²) in [5.74, 6) is 0. The third-order valence-corrected chi connectivity index (χ3v) is 5.24. The van der Waals surface area contributed by atoms with Crippen LogP contribution in [0.5, 0.6) is 0 Å². The molecule has 0 saturated carbocycles. The van der Waals surface area contributed by atoms with Crippen molar-refractivity contribution in [3.63, 3.8) is 0 Å². The molecule has 4 heteroatoms. The average molecular weight is 267 g/mol. The SMILES string of the molecule is CN1CC2(CCOC2)C1.CN1CCC2(C1)CN(C)C2. The smallest absolute Gasteiger partial charge is 0.0547 e. The van der Waals surface area contributed by atoms with Gasteiger partial charge in [-0.1, -0.05) is 0 Å². The second-order valence-electron chi connectivity index (χ2n) is 7.63. The minimum absolute atomic E-state index is 0.592. The molecule has 4 nitrogen and oxygen atoms in total. The quantitative estimate of drug-likeness (QED) is 0.639. The lowest BCUT2D eigenvalue weighted by Crippen LogP contribution is -2.55. The predicted octanol–water partition coefficient (Wildman–Crippen LogP) is 0.592. The Balaban J connectivity index is 0.000000117. The molecule has 110 valence electrons. The molecule has 0 atom stereocenters. The zero-order chi connectivity index (χ0) is 13.5. The second kappa shape index (κ2) is 4.99. The molecular formula is C15H29N3O. The highest BCUT2D eigenvalue weighted by molar-refractivity contribution is 4.99. The highest BCUT2D eigenvalue weighted by atomic mass is 16.5. The Morgan fingerprint density at radius 2 is 1.32 bits per heavy atom. The molecule has 4 aliphatic rings. The summed E-state index contributed by atoms with van der Waals surface area (Å²) in [7, 11) is 6.61. The summed E-state index contributed by atoms with van der Waals surface area (Å²) in [5.41, 5.74) is 1.30. The van der Waals surface area contributed by atoms with Crippen LogP contribution in [-0.2, 0) is 4.74 Å². The monoisotopic (exact) mass is 267 g/mol. The molecule has 4 rings (SSSR count). The van der Waals surface area contributed by atoms with E-state index in [0.717, 1.165) is 13.2 Å². The van der Waals surface area contributed by atoms with E-state index in [1.165, 1.54) is 52.1 Å². The third-order valence-electron chi connectivity index (χ3n) is 5.24. The molecule has 0 N–H and O–H groups in total. The number of hydrogen-bond donors (Lipinski definition) is 0. The van der Waals surface area contributed by atoms with Gasteiger partial charge < -0.3 is 19.4 Å². The lowest BCUT2D eigenvalue weighted by atomic mass is 9.80. The largest absolute Gasteiger partial charge is 0.381 e. The van der Waals surface area contributed by atoms with Gasteiger partial charge in [-0.05, 0) is 40.5 Å². The van der Waals surface area contributed by atoms with Crippen molar-refractivity contribution in [2.45, 2.75) is 12.8 Å². The Bertz CT molecular complexity index is 308. The van der Waals surface area contributed by atoms with Gasteiger partial charge in [-0.25, -0.2) is 0 Å². The molecule has 4 aliphatic heterocycles. The van der Waals surface area contributed by atoms with Gasteiger partial charge in [0.1, 0.15) is 0 Å². The van der Waals surface area contributed by atoms with Crippen LogP contribution in [0.3, 0.4) is 0 Å². The van der Waals surface area contributed by atoms with Gasteiger partial charge in [0.2, 0.25) is 0 Å². The third kappa shape index (κ3) is 2.82. The molecule has 4 saturated heterocycles. The van der Waals surface area contributed by atoms with Crippen LogP contribution in [0.25, 0.3) is 0 Å². The fraction of sp³-hybridized carbons (Fsp3) is 1.00. The maximum atomic E-state index is 5.32. The van der Waals surface area contributed by atoms with Gasteiger partial charge in [-0.3, -0.25) is 0 Å². The maximum Gasteiger partial charge on any atom is 0.0547 e. The van der Waals surface area contributed by atoms with Crippen LogP contribution >= 0.6 is 0 Å². The van der Waals surface area contributed by atoms with Crippen LogP contribution in [0.4, 0.5) is 0 Å². The summed E-state index contributed by atoms with van der Waals surface area (Å²) in [6.45, 7) is 9.82. The highest BCUT2D eigenvalue weighted by Gasteiger charge is 2.45. The molecule has 19 heavy (non-hydrogen) atoms. The summed E-state index contributed by atoms with van der Waals surface area (Å²) >= 11 is 0. The molecule has 0 aliphatic carbocycles. The van der Waals surface area contributed by atoms with Gasteiger partial charge in [0.25, 0.3) is 0 Å². The number of rotatable bonds is 0. The van der Waals surface area contributed by atoms with Crippen molar-refractivity contribution in [1.82, 2.24) is 14.7 Å². The average Bonchev–Trinajstić information content (AvgIpc) is 2.86. The molecule has 0 amide bonds. The number of likely N-dealkylation sites (tertiary alicyclic amines) is 3. The summed E-state index contributed by atoms with van der Waals surface area (Å²) < 4.78 is 5.32. The first-order valence-electron chi connectivity index (χ1n) is 7.64. The first-order chi connectivity index (χ1) is 9.01. The van der Waals surface area contributed by atoms with Crippen LogP contribution in [0.2, 0.25) is 0 Å². The Labute approximate surface area is 117 Å². The fourth-order valence-electron chi connectivity index (χ4n) is 4.51. The minimum atomic E-state index is 0.592. The standard InChI is InChI=1S/C8H16N2.C7H13NO/c1-9-4-3-8(5-9)6-10(2)7-8;1-8-4-7(5-8)2-3-9-6-7/h3-7H2,1-2H3;2-6H2,1H3. The summed E-state index contributed by atoms with van der Waals surface area (Å²) in [4.78, 5) is 7.22. The van der Waals surface area contributed by atoms with E-state index in [9.17, 15) is 0 Å². The highest BCUT2D eigenvalue weighted by Crippen LogP contribution is 2.38. The van der Waals surface area contributed by atoms with Gasteiger partial charge in [0.15, 0.2) is 0 Å². The first kappa shape index (κ1) is 13.8. The molecule has 4 fully saturated rings.